The predicted molar refractivity (Wildman–Crippen MR) is 75.8 cm³/mol. The van der Waals surface area contributed by atoms with Crippen molar-refractivity contribution in [2.75, 3.05) is 39.2 Å². The van der Waals surface area contributed by atoms with E-state index in [2.05, 4.69) is 5.32 Å². The summed E-state index contributed by atoms with van der Waals surface area (Å²) in [5, 5.41) is 2.67. The van der Waals surface area contributed by atoms with Crippen LogP contribution in [0.25, 0.3) is 0 Å². The summed E-state index contributed by atoms with van der Waals surface area (Å²) >= 11 is 0. The number of rotatable bonds is 7. The fourth-order valence-corrected chi connectivity index (χ4v) is 1.36. The van der Waals surface area contributed by atoms with Gasteiger partial charge in [-0.3, -0.25) is 5.32 Å². The first-order valence-electron chi connectivity index (χ1n) is 6.43. The fourth-order valence-electron chi connectivity index (χ4n) is 1.36. The molecule has 0 saturated heterocycles. The van der Waals surface area contributed by atoms with Crippen LogP contribution >= 0.6 is 0 Å². The quantitative estimate of drug-likeness (QED) is 0.824. The molecule has 5 nitrogen and oxygen atoms in total. The highest BCUT2D eigenvalue weighted by Crippen LogP contribution is 2.17. The Hall–Kier alpha value is -1.75. The van der Waals surface area contributed by atoms with Gasteiger partial charge in [-0.2, -0.15) is 0 Å². The van der Waals surface area contributed by atoms with Gasteiger partial charge in [0.15, 0.2) is 0 Å². The molecule has 0 aromatic heterocycles. The van der Waals surface area contributed by atoms with E-state index in [4.69, 9.17) is 9.47 Å². The van der Waals surface area contributed by atoms with Crippen molar-refractivity contribution in [1.29, 1.82) is 0 Å². The molecule has 0 unspecified atom stereocenters. The van der Waals surface area contributed by atoms with Crippen LogP contribution in [-0.4, -0.2) is 44.8 Å². The lowest BCUT2D eigenvalue weighted by molar-refractivity contribution is 0.151. The Balaban J connectivity index is 2.40. The Morgan fingerprint density at radius 1 is 1.32 bits per heavy atom. The second kappa shape index (κ2) is 8.37. The summed E-state index contributed by atoms with van der Waals surface area (Å²) in [6.45, 7) is 3.78. The predicted octanol–water partition coefficient (Wildman–Crippen LogP) is 2.59. The lowest BCUT2D eigenvalue weighted by Crippen LogP contribution is -2.22. The zero-order chi connectivity index (χ0) is 14.1. The summed E-state index contributed by atoms with van der Waals surface area (Å²) in [5.41, 5.74) is 0.670. The highest BCUT2D eigenvalue weighted by Gasteiger charge is 2.04. The monoisotopic (exact) mass is 266 g/mol. The summed E-state index contributed by atoms with van der Waals surface area (Å²) < 4.78 is 10.5. The van der Waals surface area contributed by atoms with Crippen LogP contribution in [0.4, 0.5) is 10.5 Å². The zero-order valence-electron chi connectivity index (χ0n) is 11.8. The number of carbonyl (C=O) groups excluding carboxylic acids is 1. The molecule has 0 heterocycles. The summed E-state index contributed by atoms with van der Waals surface area (Å²) in [7, 11) is 3.85. The summed E-state index contributed by atoms with van der Waals surface area (Å²) in [6.07, 6.45) is 0.499. The molecule has 0 radical (unpaired) electrons. The number of hydrogen-bond acceptors (Lipinski definition) is 4. The van der Waals surface area contributed by atoms with Gasteiger partial charge >= 0.3 is 6.09 Å². The van der Waals surface area contributed by atoms with Crippen LogP contribution < -0.4 is 10.1 Å². The highest BCUT2D eigenvalue weighted by atomic mass is 16.5. The van der Waals surface area contributed by atoms with E-state index >= 15 is 0 Å². The highest BCUT2D eigenvalue weighted by molar-refractivity contribution is 5.84. The van der Waals surface area contributed by atoms with Crippen molar-refractivity contribution >= 4 is 11.8 Å². The van der Waals surface area contributed by atoms with E-state index in [0.29, 0.717) is 25.4 Å². The molecule has 1 amide bonds. The van der Waals surface area contributed by atoms with Gasteiger partial charge in [-0.25, -0.2) is 4.79 Å². The third-order valence-corrected chi connectivity index (χ3v) is 2.32. The Morgan fingerprint density at radius 3 is 2.79 bits per heavy atom. The Bertz CT molecular complexity index is 394. The van der Waals surface area contributed by atoms with Gasteiger partial charge in [0.1, 0.15) is 12.4 Å². The second-order valence-electron chi connectivity index (χ2n) is 4.44. The van der Waals surface area contributed by atoms with Gasteiger partial charge in [-0.15, -0.1) is 0 Å². The molecule has 0 atom stereocenters. The van der Waals surface area contributed by atoms with Crippen molar-refractivity contribution in [3.63, 3.8) is 0 Å². The average molecular weight is 266 g/mol. The number of benzene rings is 1. The lowest BCUT2D eigenvalue weighted by atomic mass is 10.3. The SMILES string of the molecule is CCCOc1cccc(NC(=O)OCCN(C)C)c1. The van der Waals surface area contributed by atoms with E-state index in [1.807, 2.05) is 38.1 Å². The Kier molecular flexibility index (Phi) is 6.74. The van der Waals surface area contributed by atoms with Crippen molar-refractivity contribution in [3.8, 4) is 5.75 Å². The molecule has 0 aliphatic carbocycles. The maximum atomic E-state index is 11.5. The molecule has 1 aromatic rings. The number of likely N-dealkylation sites (N-methyl/N-ethyl adjacent to an activating group) is 1. The van der Waals surface area contributed by atoms with Crippen molar-refractivity contribution in [2.45, 2.75) is 13.3 Å². The molecule has 1 aromatic carbocycles. The average Bonchev–Trinajstić information content (AvgIpc) is 2.36. The molecular weight excluding hydrogens is 244 g/mol. The van der Waals surface area contributed by atoms with E-state index in [-0.39, 0.29) is 0 Å². The van der Waals surface area contributed by atoms with Crippen LogP contribution in [0.15, 0.2) is 24.3 Å². The molecule has 1 N–H and O–H groups in total. The number of amides is 1. The number of carbonyl (C=O) groups is 1. The van der Waals surface area contributed by atoms with E-state index in [0.717, 1.165) is 12.2 Å². The lowest BCUT2D eigenvalue weighted by Gasteiger charge is -2.11. The summed E-state index contributed by atoms with van der Waals surface area (Å²) in [4.78, 5) is 13.5. The zero-order valence-corrected chi connectivity index (χ0v) is 11.8. The minimum atomic E-state index is -0.450. The van der Waals surface area contributed by atoms with Crippen molar-refractivity contribution in [3.05, 3.63) is 24.3 Å². The normalized spacial score (nSPS) is 10.3. The van der Waals surface area contributed by atoms with Crippen LogP contribution in [0, 0.1) is 0 Å². The van der Waals surface area contributed by atoms with Crippen molar-refractivity contribution < 1.29 is 14.3 Å². The molecule has 0 bridgehead atoms. The third-order valence-electron chi connectivity index (χ3n) is 2.32. The van der Waals surface area contributed by atoms with E-state index < -0.39 is 6.09 Å². The molecule has 106 valence electrons. The summed E-state index contributed by atoms with van der Waals surface area (Å²) in [6, 6.07) is 7.27. The van der Waals surface area contributed by atoms with E-state index in [9.17, 15) is 4.79 Å². The number of ether oxygens (including phenoxy) is 2. The molecule has 0 saturated carbocycles. The van der Waals surface area contributed by atoms with E-state index in [1.54, 1.807) is 12.1 Å². The van der Waals surface area contributed by atoms with Gasteiger partial charge in [0, 0.05) is 18.3 Å². The third kappa shape index (κ3) is 6.67. The minimum absolute atomic E-state index is 0.366. The molecule has 0 aliphatic rings. The van der Waals surface area contributed by atoms with Crippen LogP contribution in [0.2, 0.25) is 0 Å². The van der Waals surface area contributed by atoms with Crippen LogP contribution in [0.5, 0.6) is 5.75 Å². The van der Waals surface area contributed by atoms with Crippen LogP contribution in [0.1, 0.15) is 13.3 Å². The molecule has 19 heavy (non-hydrogen) atoms. The van der Waals surface area contributed by atoms with Crippen molar-refractivity contribution in [2.24, 2.45) is 0 Å². The number of nitrogens with zero attached hydrogens (tertiary/aromatic N) is 1. The Labute approximate surface area is 114 Å². The van der Waals surface area contributed by atoms with Crippen LogP contribution in [0.3, 0.4) is 0 Å². The number of nitrogens with one attached hydrogen (secondary N) is 1. The molecule has 1 rings (SSSR count). The topological polar surface area (TPSA) is 50.8 Å². The molecular formula is C14H22N2O3. The first kappa shape index (κ1) is 15.3. The first-order valence-corrected chi connectivity index (χ1v) is 6.43. The smallest absolute Gasteiger partial charge is 0.411 e. The van der Waals surface area contributed by atoms with Gasteiger partial charge in [-0.1, -0.05) is 13.0 Å². The molecule has 0 fully saturated rings. The molecule has 0 aliphatic heterocycles. The van der Waals surface area contributed by atoms with Gasteiger partial charge in [0.25, 0.3) is 0 Å². The summed E-state index contributed by atoms with van der Waals surface area (Å²) in [5.74, 6) is 0.743. The minimum Gasteiger partial charge on any atom is -0.494 e. The van der Waals surface area contributed by atoms with E-state index in [1.165, 1.54) is 0 Å². The fraction of sp³-hybridized carbons (Fsp3) is 0.500. The van der Waals surface area contributed by atoms with Crippen molar-refractivity contribution in [1.82, 2.24) is 4.90 Å². The standard InChI is InChI=1S/C14H22N2O3/c1-4-9-18-13-7-5-6-12(11-13)15-14(17)19-10-8-16(2)3/h5-7,11H,4,8-10H2,1-3H3,(H,15,17). The maximum absolute atomic E-state index is 11.5. The largest absolute Gasteiger partial charge is 0.494 e. The maximum Gasteiger partial charge on any atom is 0.411 e. The number of anilines is 1. The Morgan fingerprint density at radius 2 is 2.11 bits per heavy atom. The van der Waals surface area contributed by atoms with Gasteiger partial charge in [-0.05, 0) is 32.6 Å². The van der Waals surface area contributed by atoms with Gasteiger partial charge in [0.2, 0.25) is 0 Å². The van der Waals surface area contributed by atoms with Gasteiger partial charge < -0.3 is 14.4 Å². The molecule has 5 heteroatoms. The van der Waals surface area contributed by atoms with Gasteiger partial charge in [0.05, 0.1) is 6.61 Å². The van der Waals surface area contributed by atoms with Crippen LogP contribution in [-0.2, 0) is 4.74 Å². The molecule has 0 spiro atoms. The first-order chi connectivity index (χ1) is 9.11. The number of hydrogen-bond donors (Lipinski definition) is 1. The second-order valence-corrected chi connectivity index (χ2v) is 4.44.